The number of carbonyl (C=O) groups is 2. The molecule has 1 amide bonds. The van der Waals surface area contributed by atoms with Crippen molar-refractivity contribution in [2.75, 3.05) is 7.11 Å². The quantitative estimate of drug-likeness (QED) is 0.689. The Morgan fingerprint density at radius 2 is 1.88 bits per heavy atom. The van der Waals surface area contributed by atoms with Crippen LogP contribution in [0, 0.1) is 6.92 Å². The zero-order chi connectivity index (χ0) is 17.1. The van der Waals surface area contributed by atoms with Gasteiger partial charge in [-0.25, -0.2) is 0 Å². The average Bonchev–Trinajstić information content (AvgIpc) is 2.94. The number of hydrogen-bond acceptors (Lipinski definition) is 4. The van der Waals surface area contributed by atoms with E-state index >= 15 is 0 Å². The van der Waals surface area contributed by atoms with Crippen molar-refractivity contribution in [1.82, 2.24) is 4.57 Å². The molecule has 0 N–H and O–H groups in total. The third kappa shape index (κ3) is 3.14. The van der Waals surface area contributed by atoms with E-state index in [4.69, 9.17) is 4.74 Å². The van der Waals surface area contributed by atoms with Crippen LogP contribution in [0.2, 0.25) is 0 Å². The Morgan fingerprint density at radius 3 is 2.58 bits per heavy atom. The first-order valence-electron chi connectivity index (χ1n) is 7.40. The molecule has 1 aromatic heterocycles. The summed E-state index contributed by atoms with van der Waals surface area (Å²) in [7, 11) is 1.34. The van der Waals surface area contributed by atoms with Gasteiger partial charge in [-0.3, -0.25) is 9.59 Å². The molecule has 0 spiro atoms. The Bertz CT molecular complexity index is 971. The number of thiazole rings is 1. The van der Waals surface area contributed by atoms with Gasteiger partial charge in [0.25, 0.3) is 5.91 Å². The van der Waals surface area contributed by atoms with Crippen LogP contribution in [-0.2, 0) is 16.1 Å². The highest BCUT2D eigenvalue weighted by Crippen LogP contribution is 2.21. The lowest BCUT2D eigenvalue weighted by atomic mass is 10.2. The number of amides is 1. The lowest BCUT2D eigenvalue weighted by molar-refractivity contribution is -0.141. The second kappa shape index (κ2) is 6.80. The normalized spacial score (nSPS) is 11.7. The van der Waals surface area contributed by atoms with Gasteiger partial charge in [-0.1, -0.05) is 41.7 Å². The van der Waals surface area contributed by atoms with E-state index in [1.807, 2.05) is 31.2 Å². The first kappa shape index (κ1) is 16.1. The van der Waals surface area contributed by atoms with E-state index in [9.17, 15) is 9.59 Å². The first-order valence-corrected chi connectivity index (χ1v) is 8.21. The Labute approximate surface area is 142 Å². The molecule has 0 fully saturated rings. The Balaban J connectivity index is 2.18. The number of hydrogen-bond donors (Lipinski definition) is 0. The fourth-order valence-corrected chi connectivity index (χ4v) is 3.57. The molecule has 0 radical (unpaired) electrons. The minimum Gasteiger partial charge on any atom is -0.468 e. The summed E-state index contributed by atoms with van der Waals surface area (Å²) in [5.41, 5.74) is 2.42. The minimum absolute atomic E-state index is 0.0161. The van der Waals surface area contributed by atoms with Crippen molar-refractivity contribution in [2.24, 2.45) is 4.99 Å². The van der Waals surface area contributed by atoms with Gasteiger partial charge in [-0.05, 0) is 30.7 Å². The molecular weight excluding hydrogens is 324 g/mol. The van der Waals surface area contributed by atoms with Crippen molar-refractivity contribution >= 4 is 33.4 Å². The number of rotatable bonds is 3. The molecule has 0 bridgehead atoms. The van der Waals surface area contributed by atoms with Crippen LogP contribution < -0.4 is 4.80 Å². The molecule has 0 saturated carbocycles. The van der Waals surface area contributed by atoms with Crippen molar-refractivity contribution < 1.29 is 14.3 Å². The molecule has 6 heteroatoms. The molecule has 0 aliphatic rings. The van der Waals surface area contributed by atoms with E-state index in [1.165, 1.54) is 18.4 Å². The molecule has 122 valence electrons. The van der Waals surface area contributed by atoms with Gasteiger partial charge in [0.2, 0.25) is 0 Å². The fourth-order valence-electron chi connectivity index (χ4n) is 2.47. The van der Waals surface area contributed by atoms with E-state index in [0.29, 0.717) is 10.4 Å². The Morgan fingerprint density at radius 1 is 1.12 bits per heavy atom. The number of benzene rings is 2. The predicted octanol–water partition coefficient (Wildman–Crippen LogP) is 2.93. The summed E-state index contributed by atoms with van der Waals surface area (Å²) in [6.07, 6.45) is 0. The van der Waals surface area contributed by atoms with E-state index in [1.54, 1.807) is 28.8 Å². The van der Waals surface area contributed by atoms with Crippen molar-refractivity contribution in [1.29, 1.82) is 0 Å². The maximum atomic E-state index is 12.4. The molecule has 2 aromatic carbocycles. The second-order valence-electron chi connectivity index (χ2n) is 5.25. The third-order valence-electron chi connectivity index (χ3n) is 3.64. The highest BCUT2D eigenvalue weighted by Gasteiger charge is 2.13. The second-order valence-corrected chi connectivity index (χ2v) is 6.26. The number of methoxy groups -OCH3 is 1. The van der Waals surface area contributed by atoms with Crippen LogP contribution >= 0.6 is 11.3 Å². The Kier molecular flexibility index (Phi) is 4.57. The summed E-state index contributed by atoms with van der Waals surface area (Å²) in [5.74, 6) is -0.718. The van der Waals surface area contributed by atoms with Crippen molar-refractivity contribution in [3.8, 4) is 0 Å². The van der Waals surface area contributed by atoms with Crippen molar-refractivity contribution in [3.63, 3.8) is 0 Å². The molecule has 0 aliphatic carbocycles. The monoisotopic (exact) mass is 340 g/mol. The maximum absolute atomic E-state index is 12.4. The molecule has 0 aliphatic heterocycles. The molecule has 3 rings (SSSR count). The predicted molar refractivity (Wildman–Crippen MR) is 92.9 cm³/mol. The summed E-state index contributed by atoms with van der Waals surface area (Å²) < 4.78 is 7.48. The van der Waals surface area contributed by atoms with Gasteiger partial charge in [0.15, 0.2) is 4.80 Å². The standard InChI is InChI=1S/C18H16N2O3S/c1-12-7-6-10-14-16(12)20(11-15(21)23-2)18(24-14)19-17(22)13-8-4-3-5-9-13/h3-10H,11H2,1-2H3. The van der Waals surface area contributed by atoms with Crippen LogP contribution in [0.3, 0.4) is 0 Å². The zero-order valence-electron chi connectivity index (χ0n) is 13.4. The van der Waals surface area contributed by atoms with Gasteiger partial charge < -0.3 is 9.30 Å². The maximum Gasteiger partial charge on any atom is 0.325 e. The van der Waals surface area contributed by atoms with Crippen molar-refractivity contribution in [2.45, 2.75) is 13.5 Å². The highest BCUT2D eigenvalue weighted by atomic mass is 32.1. The smallest absolute Gasteiger partial charge is 0.325 e. The number of para-hydroxylation sites is 1. The average molecular weight is 340 g/mol. The number of nitrogens with zero attached hydrogens (tertiary/aromatic N) is 2. The minimum atomic E-state index is -0.383. The van der Waals surface area contributed by atoms with E-state index in [2.05, 4.69) is 4.99 Å². The number of aryl methyl sites for hydroxylation is 1. The van der Waals surface area contributed by atoms with Crippen LogP contribution in [-0.4, -0.2) is 23.6 Å². The van der Waals surface area contributed by atoms with Gasteiger partial charge in [0, 0.05) is 5.56 Å². The molecule has 24 heavy (non-hydrogen) atoms. The van der Waals surface area contributed by atoms with Gasteiger partial charge in [0.05, 0.1) is 17.3 Å². The van der Waals surface area contributed by atoms with Gasteiger partial charge in [-0.15, -0.1) is 0 Å². The van der Waals surface area contributed by atoms with Crippen LogP contribution in [0.1, 0.15) is 15.9 Å². The van der Waals surface area contributed by atoms with Gasteiger partial charge in [-0.2, -0.15) is 4.99 Å². The summed E-state index contributed by atoms with van der Waals surface area (Å²) in [4.78, 5) is 28.9. The lowest BCUT2D eigenvalue weighted by Gasteiger charge is -2.05. The van der Waals surface area contributed by atoms with Crippen molar-refractivity contribution in [3.05, 3.63) is 64.5 Å². The third-order valence-corrected chi connectivity index (χ3v) is 4.68. The lowest BCUT2D eigenvalue weighted by Crippen LogP contribution is -2.22. The topological polar surface area (TPSA) is 60.7 Å². The largest absolute Gasteiger partial charge is 0.468 e. The molecule has 5 nitrogen and oxygen atoms in total. The zero-order valence-corrected chi connectivity index (χ0v) is 14.2. The molecular formula is C18H16N2O3S. The molecule has 3 aromatic rings. The highest BCUT2D eigenvalue weighted by molar-refractivity contribution is 7.16. The first-order chi connectivity index (χ1) is 11.6. The van der Waals surface area contributed by atoms with Gasteiger partial charge in [0.1, 0.15) is 6.54 Å². The summed E-state index contributed by atoms with van der Waals surface area (Å²) in [5, 5.41) is 0. The number of ether oxygens (including phenoxy) is 1. The number of fused-ring (bicyclic) bond motifs is 1. The molecule has 1 heterocycles. The van der Waals surface area contributed by atoms with E-state index in [-0.39, 0.29) is 18.4 Å². The van der Waals surface area contributed by atoms with Gasteiger partial charge >= 0.3 is 5.97 Å². The molecule has 0 atom stereocenters. The summed E-state index contributed by atoms with van der Waals surface area (Å²) >= 11 is 1.38. The van der Waals surface area contributed by atoms with Crippen LogP contribution in [0.4, 0.5) is 0 Å². The number of aromatic nitrogens is 1. The fraction of sp³-hybridized carbons (Fsp3) is 0.167. The number of esters is 1. The number of carbonyl (C=O) groups excluding carboxylic acids is 2. The van der Waals surface area contributed by atoms with Crippen LogP contribution in [0.5, 0.6) is 0 Å². The molecule has 0 unspecified atom stereocenters. The SMILES string of the molecule is COC(=O)Cn1c(=NC(=O)c2ccccc2)sc2cccc(C)c21. The summed E-state index contributed by atoms with van der Waals surface area (Å²) in [6.45, 7) is 1.98. The summed E-state index contributed by atoms with van der Waals surface area (Å²) in [6, 6.07) is 14.7. The van der Waals surface area contributed by atoms with E-state index in [0.717, 1.165) is 15.8 Å². The van der Waals surface area contributed by atoms with E-state index < -0.39 is 0 Å². The van der Waals surface area contributed by atoms with Crippen LogP contribution in [0.25, 0.3) is 10.2 Å². The molecule has 0 saturated heterocycles. The van der Waals surface area contributed by atoms with Crippen LogP contribution in [0.15, 0.2) is 53.5 Å². The Hall–Kier alpha value is -2.73.